The minimum absolute atomic E-state index is 0.685. The Labute approximate surface area is 175 Å². The van der Waals surface area contributed by atoms with Crippen molar-refractivity contribution in [1.82, 2.24) is 9.97 Å². The SMILES string of the molecule is COc1ccc(-c2nc3c4cc(I)ccc4c4ccccc4c3[nH]2)cc1OC. The lowest BCUT2D eigenvalue weighted by Crippen LogP contribution is -1.91. The van der Waals surface area contributed by atoms with Crippen molar-refractivity contribution in [2.45, 2.75) is 0 Å². The van der Waals surface area contributed by atoms with E-state index in [1.165, 1.54) is 19.7 Å². The van der Waals surface area contributed by atoms with Gasteiger partial charge in [-0.1, -0.05) is 30.3 Å². The summed E-state index contributed by atoms with van der Waals surface area (Å²) in [5, 5.41) is 4.77. The monoisotopic (exact) mass is 480 g/mol. The van der Waals surface area contributed by atoms with Crippen LogP contribution in [0.1, 0.15) is 0 Å². The number of H-pyrrole nitrogens is 1. The van der Waals surface area contributed by atoms with E-state index in [4.69, 9.17) is 14.5 Å². The maximum atomic E-state index is 5.46. The molecule has 0 amide bonds. The normalized spacial score (nSPS) is 11.4. The Bertz CT molecular complexity index is 1360. The largest absolute Gasteiger partial charge is 0.493 e. The zero-order valence-electron chi connectivity index (χ0n) is 15.4. The number of nitrogens with zero attached hydrogens (tertiary/aromatic N) is 1. The van der Waals surface area contributed by atoms with Gasteiger partial charge in [0.15, 0.2) is 11.5 Å². The fraction of sp³-hybridized carbons (Fsp3) is 0.0870. The van der Waals surface area contributed by atoms with Crippen molar-refractivity contribution < 1.29 is 9.47 Å². The minimum atomic E-state index is 0.685. The van der Waals surface area contributed by atoms with Gasteiger partial charge in [0, 0.05) is 19.9 Å². The average Bonchev–Trinajstić information content (AvgIpc) is 3.19. The molecule has 0 unspecified atom stereocenters. The Morgan fingerprint density at radius 3 is 2.32 bits per heavy atom. The zero-order chi connectivity index (χ0) is 19.3. The zero-order valence-corrected chi connectivity index (χ0v) is 17.6. The lowest BCUT2D eigenvalue weighted by Gasteiger charge is -2.08. The van der Waals surface area contributed by atoms with Gasteiger partial charge in [0.05, 0.1) is 25.3 Å². The molecule has 0 aliphatic carbocycles. The van der Waals surface area contributed by atoms with Crippen LogP contribution in [0.4, 0.5) is 0 Å². The van der Waals surface area contributed by atoms with E-state index in [0.29, 0.717) is 11.5 Å². The molecule has 1 aromatic heterocycles. The first-order valence-corrected chi connectivity index (χ1v) is 9.99. The van der Waals surface area contributed by atoms with Gasteiger partial charge in [0.2, 0.25) is 0 Å². The molecule has 0 spiro atoms. The molecule has 5 heteroatoms. The number of hydrogen-bond donors (Lipinski definition) is 1. The number of nitrogens with one attached hydrogen (secondary N) is 1. The van der Waals surface area contributed by atoms with Gasteiger partial charge >= 0.3 is 0 Å². The average molecular weight is 480 g/mol. The Balaban J connectivity index is 1.85. The highest BCUT2D eigenvalue weighted by Crippen LogP contribution is 2.37. The molecule has 0 fully saturated rings. The molecule has 0 radical (unpaired) electrons. The second kappa shape index (κ2) is 6.67. The van der Waals surface area contributed by atoms with Gasteiger partial charge in [-0.15, -0.1) is 0 Å². The van der Waals surface area contributed by atoms with Gasteiger partial charge in [-0.05, 0) is 63.7 Å². The molecule has 28 heavy (non-hydrogen) atoms. The lowest BCUT2D eigenvalue weighted by atomic mass is 10.0. The molecular formula is C23H17IN2O2. The van der Waals surface area contributed by atoms with Gasteiger partial charge in [0.25, 0.3) is 0 Å². The van der Waals surface area contributed by atoms with Crippen molar-refractivity contribution in [1.29, 1.82) is 0 Å². The predicted molar refractivity (Wildman–Crippen MR) is 122 cm³/mol. The Morgan fingerprint density at radius 1 is 0.786 bits per heavy atom. The van der Waals surface area contributed by atoms with E-state index in [-0.39, 0.29) is 0 Å². The van der Waals surface area contributed by atoms with Gasteiger partial charge in [-0.3, -0.25) is 0 Å². The minimum Gasteiger partial charge on any atom is -0.493 e. The summed E-state index contributed by atoms with van der Waals surface area (Å²) < 4.78 is 12.0. The highest BCUT2D eigenvalue weighted by atomic mass is 127. The summed E-state index contributed by atoms with van der Waals surface area (Å²) in [6.45, 7) is 0. The highest BCUT2D eigenvalue weighted by Gasteiger charge is 2.15. The van der Waals surface area contributed by atoms with Crippen LogP contribution >= 0.6 is 22.6 Å². The summed E-state index contributed by atoms with van der Waals surface area (Å²) in [5.74, 6) is 2.20. The van der Waals surface area contributed by atoms with E-state index in [9.17, 15) is 0 Å². The van der Waals surface area contributed by atoms with Crippen molar-refractivity contribution in [3.8, 4) is 22.9 Å². The quantitative estimate of drug-likeness (QED) is 0.249. The summed E-state index contributed by atoms with van der Waals surface area (Å²) in [5.41, 5.74) is 2.99. The summed E-state index contributed by atoms with van der Waals surface area (Å²) in [6.07, 6.45) is 0. The predicted octanol–water partition coefficient (Wildman–Crippen LogP) is 6.16. The molecule has 1 N–H and O–H groups in total. The molecule has 0 aliphatic rings. The Morgan fingerprint density at radius 2 is 1.54 bits per heavy atom. The number of ether oxygens (including phenoxy) is 2. The molecule has 0 saturated carbocycles. The molecular weight excluding hydrogens is 463 g/mol. The summed E-state index contributed by atoms with van der Waals surface area (Å²) in [7, 11) is 3.28. The third-order valence-corrected chi connectivity index (χ3v) is 5.76. The van der Waals surface area contributed by atoms with E-state index in [1.54, 1.807) is 14.2 Å². The molecule has 1 heterocycles. The first-order valence-electron chi connectivity index (χ1n) is 8.91. The van der Waals surface area contributed by atoms with Crippen LogP contribution in [-0.4, -0.2) is 24.2 Å². The lowest BCUT2D eigenvalue weighted by molar-refractivity contribution is 0.355. The summed E-state index contributed by atoms with van der Waals surface area (Å²) >= 11 is 2.35. The van der Waals surface area contributed by atoms with E-state index < -0.39 is 0 Å². The number of halogens is 1. The fourth-order valence-corrected chi connectivity index (χ4v) is 4.26. The maximum Gasteiger partial charge on any atom is 0.161 e. The van der Waals surface area contributed by atoms with Gasteiger partial charge in [0.1, 0.15) is 5.82 Å². The molecule has 4 aromatic carbocycles. The fourth-order valence-electron chi connectivity index (χ4n) is 3.77. The topological polar surface area (TPSA) is 47.1 Å². The number of aromatic nitrogens is 2. The van der Waals surface area contributed by atoms with E-state index in [1.807, 2.05) is 18.2 Å². The molecule has 5 aromatic rings. The van der Waals surface area contributed by atoms with Crippen molar-refractivity contribution in [3.63, 3.8) is 0 Å². The second-order valence-corrected chi connectivity index (χ2v) is 7.86. The number of hydrogen-bond acceptors (Lipinski definition) is 3. The van der Waals surface area contributed by atoms with E-state index in [2.05, 4.69) is 70.0 Å². The Hall–Kier alpha value is -2.80. The van der Waals surface area contributed by atoms with Crippen molar-refractivity contribution in [3.05, 3.63) is 64.2 Å². The van der Waals surface area contributed by atoms with Gasteiger partial charge in [-0.25, -0.2) is 4.98 Å². The summed E-state index contributed by atoms with van der Waals surface area (Å²) in [4.78, 5) is 8.52. The van der Waals surface area contributed by atoms with Crippen LogP contribution in [0.25, 0.3) is 44.0 Å². The van der Waals surface area contributed by atoms with Crippen LogP contribution in [0.2, 0.25) is 0 Å². The van der Waals surface area contributed by atoms with Gasteiger partial charge in [-0.2, -0.15) is 0 Å². The van der Waals surface area contributed by atoms with Crippen LogP contribution < -0.4 is 9.47 Å². The van der Waals surface area contributed by atoms with E-state index in [0.717, 1.165) is 27.8 Å². The number of methoxy groups -OCH3 is 2. The Kier molecular flexibility index (Phi) is 4.12. The third kappa shape index (κ3) is 2.61. The second-order valence-electron chi connectivity index (χ2n) is 6.61. The third-order valence-electron chi connectivity index (χ3n) is 5.08. The molecule has 0 atom stereocenters. The van der Waals surface area contributed by atoms with Crippen molar-refractivity contribution >= 4 is 55.2 Å². The maximum absolute atomic E-state index is 5.46. The molecule has 4 nitrogen and oxygen atoms in total. The standard InChI is InChI=1S/C23H17IN2O2/c1-27-19-10-7-13(11-20(19)28-2)23-25-21-17-6-4-3-5-15(17)16-9-8-14(24)12-18(16)22(21)26-23/h3-12H,1-2H3,(H,25,26). The summed E-state index contributed by atoms with van der Waals surface area (Å²) in [6, 6.07) is 20.8. The number of rotatable bonds is 3. The van der Waals surface area contributed by atoms with Crippen LogP contribution in [0.15, 0.2) is 60.7 Å². The number of aromatic amines is 1. The number of benzene rings is 4. The molecule has 0 aliphatic heterocycles. The van der Waals surface area contributed by atoms with Crippen molar-refractivity contribution in [2.75, 3.05) is 14.2 Å². The highest BCUT2D eigenvalue weighted by molar-refractivity contribution is 14.1. The number of imidazole rings is 1. The molecule has 0 bridgehead atoms. The number of fused-ring (bicyclic) bond motifs is 6. The molecule has 5 rings (SSSR count). The molecule has 138 valence electrons. The van der Waals surface area contributed by atoms with Crippen LogP contribution in [0.3, 0.4) is 0 Å². The van der Waals surface area contributed by atoms with Crippen molar-refractivity contribution in [2.24, 2.45) is 0 Å². The van der Waals surface area contributed by atoms with E-state index >= 15 is 0 Å². The van der Waals surface area contributed by atoms with Crippen LogP contribution in [0, 0.1) is 3.57 Å². The molecule has 0 saturated heterocycles. The first kappa shape index (κ1) is 17.3. The smallest absolute Gasteiger partial charge is 0.161 e. The van der Waals surface area contributed by atoms with Gasteiger partial charge < -0.3 is 14.5 Å². The van der Waals surface area contributed by atoms with Crippen LogP contribution in [0.5, 0.6) is 11.5 Å². The van der Waals surface area contributed by atoms with Crippen LogP contribution in [-0.2, 0) is 0 Å². The first-order chi connectivity index (χ1) is 13.7.